The van der Waals surface area contributed by atoms with Crippen molar-refractivity contribution in [2.75, 3.05) is 0 Å². The standard InChI is InChI=1S/C15H10ClNOS3/c16-11-3-1-9(2-4-11)5-10-6-12(20-8-10)7-13-14(18)17-15(19)21-13/h1-4,6-8H,5H2,(H,17,18,19). The molecule has 1 saturated heterocycles. The summed E-state index contributed by atoms with van der Waals surface area (Å²) in [7, 11) is 0. The second kappa shape index (κ2) is 6.32. The molecule has 1 aromatic carbocycles. The van der Waals surface area contributed by atoms with Crippen LogP contribution in [0, 0.1) is 0 Å². The van der Waals surface area contributed by atoms with Gasteiger partial charge in [-0.2, -0.15) is 0 Å². The van der Waals surface area contributed by atoms with Gasteiger partial charge >= 0.3 is 0 Å². The lowest BCUT2D eigenvalue weighted by Gasteiger charge is -1.98. The highest BCUT2D eigenvalue weighted by molar-refractivity contribution is 8.26. The number of hydrogen-bond donors (Lipinski definition) is 1. The summed E-state index contributed by atoms with van der Waals surface area (Å²) in [6, 6.07) is 9.94. The number of rotatable bonds is 3. The molecule has 0 atom stereocenters. The summed E-state index contributed by atoms with van der Waals surface area (Å²) in [5.41, 5.74) is 2.44. The summed E-state index contributed by atoms with van der Waals surface area (Å²) >= 11 is 13.8. The second-order valence-corrected chi connectivity index (χ2v) is 7.61. The van der Waals surface area contributed by atoms with Gasteiger partial charge in [0, 0.05) is 9.90 Å². The van der Waals surface area contributed by atoms with Crippen LogP contribution in [-0.4, -0.2) is 10.2 Å². The van der Waals surface area contributed by atoms with Crippen molar-refractivity contribution >= 4 is 63.2 Å². The zero-order valence-electron chi connectivity index (χ0n) is 10.8. The van der Waals surface area contributed by atoms with Crippen molar-refractivity contribution in [3.63, 3.8) is 0 Å². The van der Waals surface area contributed by atoms with E-state index >= 15 is 0 Å². The van der Waals surface area contributed by atoms with Gasteiger partial charge in [0.1, 0.15) is 4.32 Å². The maximum atomic E-state index is 11.6. The summed E-state index contributed by atoms with van der Waals surface area (Å²) in [5.74, 6) is -0.113. The van der Waals surface area contributed by atoms with Crippen molar-refractivity contribution in [2.45, 2.75) is 6.42 Å². The first-order valence-electron chi connectivity index (χ1n) is 6.17. The normalized spacial score (nSPS) is 16.5. The Hall–Kier alpha value is -1.14. The van der Waals surface area contributed by atoms with Gasteiger partial charge in [-0.15, -0.1) is 11.3 Å². The monoisotopic (exact) mass is 351 g/mol. The number of carbonyl (C=O) groups excluding carboxylic acids is 1. The van der Waals surface area contributed by atoms with Crippen LogP contribution in [0.15, 0.2) is 40.6 Å². The number of thiophene rings is 1. The minimum Gasteiger partial charge on any atom is -0.307 e. The van der Waals surface area contributed by atoms with E-state index in [1.807, 2.05) is 30.3 Å². The van der Waals surface area contributed by atoms with E-state index in [1.54, 1.807) is 11.3 Å². The fourth-order valence-electron chi connectivity index (χ4n) is 1.95. The van der Waals surface area contributed by atoms with Crippen molar-refractivity contribution in [3.8, 4) is 0 Å². The van der Waals surface area contributed by atoms with E-state index in [0.29, 0.717) is 9.23 Å². The molecule has 0 spiro atoms. The van der Waals surface area contributed by atoms with E-state index in [4.69, 9.17) is 23.8 Å². The van der Waals surface area contributed by atoms with Crippen LogP contribution >= 0.6 is 46.9 Å². The van der Waals surface area contributed by atoms with Crippen LogP contribution in [0.25, 0.3) is 6.08 Å². The third-order valence-corrected chi connectivity index (χ3v) is 5.25. The topological polar surface area (TPSA) is 29.1 Å². The van der Waals surface area contributed by atoms with Gasteiger partial charge in [0.05, 0.1) is 4.91 Å². The lowest BCUT2D eigenvalue weighted by molar-refractivity contribution is -0.115. The molecule has 1 aromatic heterocycles. The van der Waals surface area contributed by atoms with Crippen LogP contribution in [-0.2, 0) is 11.2 Å². The van der Waals surface area contributed by atoms with E-state index in [2.05, 4.69) is 16.8 Å². The summed E-state index contributed by atoms with van der Waals surface area (Å²) in [4.78, 5) is 13.3. The molecule has 106 valence electrons. The number of amides is 1. The van der Waals surface area contributed by atoms with Gasteiger partial charge in [-0.05, 0) is 47.2 Å². The Morgan fingerprint density at radius 3 is 2.67 bits per heavy atom. The Bertz CT molecular complexity index is 734. The molecule has 21 heavy (non-hydrogen) atoms. The van der Waals surface area contributed by atoms with Gasteiger partial charge in [0.25, 0.3) is 5.91 Å². The third-order valence-electron chi connectivity index (χ3n) is 2.91. The maximum Gasteiger partial charge on any atom is 0.263 e. The molecule has 2 heterocycles. The van der Waals surface area contributed by atoms with Gasteiger partial charge in [-0.25, -0.2) is 0 Å². The quantitative estimate of drug-likeness (QED) is 0.653. The molecule has 2 aromatic rings. The third kappa shape index (κ3) is 3.74. The Balaban J connectivity index is 1.74. The summed E-state index contributed by atoms with van der Waals surface area (Å²) < 4.78 is 0.518. The minimum absolute atomic E-state index is 0.113. The SMILES string of the molecule is O=C1NC(=S)SC1=Cc1cc(Cc2ccc(Cl)cc2)cs1. The Labute approximate surface area is 141 Å². The molecule has 0 saturated carbocycles. The molecule has 1 aliphatic rings. The second-order valence-electron chi connectivity index (χ2n) is 4.51. The van der Waals surface area contributed by atoms with Crippen molar-refractivity contribution < 1.29 is 4.79 Å². The van der Waals surface area contributed by atoms with Crippen LogP contribution < -0.4 is 5.32 Å². The molecule has 1 aliphatic heterocycles. The first kappa shape index (κ1) is 14.8. The lowest BCUT2D eigenvalue weighted by Crippen LogP contribution is -2.17. The molecule has 1 amide bonds. The lowest BCUT2D eigenvalue weighted by atomic mass is 10.1. The van der Waals surface area contributed by atoms with Crippen LogP contribution in [0.1, 0.15) is 16.0 Å². The highest BCUT2D eigenvalue weighted by atomic mass is 35.5. The zero-order chi connectivity index (χ0) is 14.8. The number of nitrogens with one attached hydrogen (secondary N) is 1. The summed E-state index contributed by atoms with van der Waals surface area (Å²) in [5, 5.41) is 5.47. The zero-order valence-corrected chi connectivity index (χ0v) is 14.0. The fraction of sp³-hybridized carbons (Fsp3) is 0.0667. The molecule has 0 bridgehead atoms. The van der Waals surface area contributed by atoms with E-state index in [0.717, 1.165) is 16.3 Å². The van der Waals surface area contributed by atoms with E-state index in [9.17, 15) is 4.79 Å². The van der Waals surface area contributed by atoms with Crippen LogP contribution in [0.2, 0.25) is 5.02 Å². The number of halogens is 1. The van der Waals surface area contributed by atoms with Crippen LogP contribution in [0.4, 0.5) is 0 Å². The average molecular weight is 352 g/mol. The smallest absolute Gasteiger partial charge is 0.263 e. The molecule has 0 radical (unpaired) electrons. The van der Waals surface area contributed by atoms with E-state index < -0.39 is 0 Å². The molecule has 6 heteroatoms. The number of thiocarbonyl (C=S) groups is 1. The first-order valence-corrected chi connectivity index (χ1v) is 8.65. The van der Waals surface area contributed by atoms with Gasteiger partial charge in [0.15, 0.2) is 0 Å². The molecule has 3 rings (SSSR count). The molecule has 0 aliphatic carbocycles. The average Bonchev–Trinajstić information content (AvgIpc) is 3.00. The molecule has 1 N–H and O–H groups in total. The van der Waals surface area contributed by atoms with Crippen LogP contribution in [0.3, 0.4) is 0 Å². The molecular weight excluding hydrogens is 342 g/mol. The minimum atomic E-state index is -0.113. The van der Waals surface area contributed by atoms with Crippen molar-refractivity contribution in [3.05, 3.63) is 61.6 Å². The van der Waals surface area contributed by atoms with Gasteiger partial charge < -0.3 is 5.32 Å². The Morgan fingerprint density at radius 1 is 1.24 bits per heavy atom. The summed E-state index contributed by atoms with van der Waals surface area (Å²) in [6.45, 7) is 0. The van der Waals surface area contributed by atoms with Crippen LogP contribution in [0.5, 0.6) is 0 Å². The predicted molar refractivity (Wildman–Crippen MR) is 94.9 cm³/mol. The van der Waals surface area contributed by atoms with Crippen molar-refractivity contribution in [1.82, 2.24) is 5.32 Å². The van der Waals surface area contributed by atoms with Gasteiger partial charge in [-0.1, -0.05) is 47.7 Å². The van der Waals surface area contributed by atoms with Gasteiger partial charge in [0.2, 0.25) is 0 Å². The Kier molecular flexibility index (Phi) is 4.45. The number of benzene rings is 1. The molecule has 0 unspecified atom stereocenters. The fourth-order valence-corrected chi connectivity index (χ4v) is 4.03. The largest absolute Gasteiger partial charge is 0.307 e. The molecular formula is C15H10ClNOS3. The maximum absolute atomic E-state index is 11.6. The highest BCUT2D eigenvalue weighted by Crippen LogP contribution is 2.28. The highest BCUT2D eigenvalue weighted by Gasteiger charge is 2.22. The van der Waals surface area contributed by atoms with Gasteiger partial charge in [-0.3, -0.25) is 4.79 Å². The van der Waals surface area contributed by atoms with Crippen molar-refractivity contribution in [1.29, 1.82) is 0 Å². The first-order chi connectivity index (χ1) is 10.1. The number of thioether (sulfide) groups is 1. The number of hydrogen-bond acceptors (Lipinski definition) is 4. The molecule has 1 fully saturated rings. The summed E-state index contributed by atoms with van der Waals surface area (Å²) in [6.07, 6.45) is 2.74. The number of carbonyl (C=O) groups is 1. The molecule has 2 nitrogen and oxygen atoms in total. The predicted octanol–water partition coefficient (Wildman–Crippen LogP) is 4.48. The Morgan fingerprint density at radius 2 is 2.00 bits per heavy atom. The van der Waals surface area contributed by atoms with E-state index in [1.165, 1.54) is 22.9 Å². The van der Waals surface area contributed by atoms with Crippen molar-refractivity contribution in [2.24, 2.45) is 0 Å². The van der Waals surface area contributed by atoms with E-state index in [-0.39, 0.29) is 5.91 Å².